The van der Waals surface area contributed by atoms with Gasteiger partial charge in [0.15, 0.2) is 18.1 Å². The summed E-state index contributed by atoms with van der Waals surface area (Å²) in [7, 11) is 0. The van der Waals surface area contributed by atoms with Crippen LogP contribution in [-0.2, 0) is 11.2 Å². The van der Waals surface area contributed by atoms with Gasteiger partial charge in [0.05, 0.1) is 0 Å². The summed E-state index contributed by atoms with van der Waals surface area (Å²) < 4.78 is 16.8. The van der Waals surface area contributed by atoms with Gasteiger partial charge in [-0.25, -0.2) is 0 Å². The number of carbonyl (C=O) groups is 1. The SMILES string of the molecule is O=C(COc1ccccc1-c1ccc(Cl)cc1)N1CCC(CCc2ccc3c(c2)OCO3)CC1. The molecule has 0 bridgehead atoms. The predicted molar refractivity (Wildman–Crippen MR) is 133 cm³/mol. The molecule has 0 aliphatic carbocycles. The highest BCUT2D eigenvalue weighted by Gasteiger charge is 2.23. The number of nitrogens with zero attached hydrogens (tertiary/aromatic N) is 1. The van der Waals surface area contributed by atoms with Crippen LogP contribution in [0.4, 0.5) is 0 Å². The molecule has 1 fully saturated rings. The van der Waals surface area contributed by atoms with Crippen LogP contribution in [-0.4, -0.2) is 37.3 Å². The van der Waals surface area contributed by atoms with Gasteiger partial charge >= 0.3 is 0 Å². The van der Waals surface area contributed by atoms with Crippen LogP contribution < -0.4 is 14.2 Å². The largest absolute Gasteiger partial charge is 0.483 e. The summed E-state index contributed by atoms with van der Waals surface area (Å²) in [5.41, 5.74) is 3.24. The molecule has 2 aliphatic heterocycles. The Labute approximate surface area is 205 Å². The number of rotatable bonds is 7. The van der Waals surface area contributed by atoms with Crippen LogP contribution in [0.5, 0.6) is 17.2 Å². The second-order valence-corrected chi connectivity index (χ2v) is 9.28. The Bertz CT molecular complexity index is 1140. The summed E-state index contributed by atoms with van der Waals surface area (Å²) >= 11 is 6.02. The zero-order valence-electron chi connectivity index (χ0n) is 19.0. The van der Waals surface area contributed by atoms with Gasteiger partial charge in [-0.15, -0.1) is 0 Å². The molecule has 3 aromatic rings. The fourth-order valence-electron chi connectivity index (χ4n) is 4.63. The van der Waals surface area contributed by atoms with Crippen molar-refractivity contribution in [2.75, 3.05) is 26.5 Å². The maximum Gasteiger partial charge on any atom is 0.260 e. The molecule has 3 aromatic carbocycles. The van der Waals surface area contributed by atoms with Gasteiger partial charge in [0.2, 0.25) is 6.79 Å². The molecule has 0 N–H and O–H groups in total. The first-order chi connectivity index (χ1) is 16.7. The second kappa shape index (κ2) is 10.4. The van der Waals surface area contributed by atoms with Crippen molar-refractivity contribution in [1.29, 1.82) is 0 Å². The minimum atomic E-state index is 0.0418. The number of benzene rings is 3. The number of ether oxygens (including phenoxy) is 3. The molecule has 0 radical (unpaired) electrons. The Morgan fingerprint density at radius 2 is 1.74 bits per heavy atom. The lowest BCUT2D eigenvalue weighted by molar-refractivity contribution is -0.134. The summed E-state index contributed by atoms with van der Waals surface area (Å²) in [5, 5.41) is 0.691. The average molecular weight is 478 g/mol. The maximum atomic E-state index is 12.8. The summed E-state index contributed by atoms with van der Waals surface area (Å²) in [6, 6.07) is 21.6. The van der Waals surface area contributed by atoms with Gasteiger partial charge < -0.3 is 19.1 Å². The van der Waals surface area contributed by atoms with Gasteiger partial charge in [-0.1, -0.05) is 48.0 Å². The van der Waals surface area contributed by atoms with Crippen LogP contribution in [0.15, 0.2) is 66.7 Å². The molecule has 0 atom stereocenters. The molecular formula is C28H28ClNO4. The van der Waals surface area contributed by atoms with E-state index in [1.807, 2.05) is 59.5 Å². The van der Waals surface area contributed by atoms with Gasteiger partial charge in [0.25, 0.3) is 5.91 Å². The average Bonchev–Trinajstić information content (AvgIpc) is 3.35. The number of aryl methyl sites for hydroxylation is 1. The number of hydrogen-bond acceptors (Lipinski definition) is 4. The summed E-state index contributed by atoms with van der Waals surface area (Å²) in [6.07, 6.45) is 4.18. The van der Waals surface area contributed by atoms with Crippen LogP contribution in [0.3, 0.4) is 0 Å². The van der Waals surface area contributed by atoms with Crippen LogP contribution in [0, 0.1) is 5.92 Å². The molecule has 176 valence electrons. The van der Waals surface area contributed by atoms with E-state index in [4.69, 9.17) is 25.8 Å². The van der Waals surface area contributed by atoms with E-state index >= 15 is 0 Å². The Morgan fingerprint density at radius 1 is 0.971 bits per heavy atom. The van der Waals surface area contributed by atoms with E-state index in [-0.39, 0.29) is 12.5 Å². The van der Waals surface area contributed by atoms with Crippen LogP contribution in [0.25, 0.3) is 11.1 Å². The quantitative estimate of drug-likeness (QED) is 0.419. The Kier molecular flexibility index (Phi) is 6.91. The van der Waals surface area contributed by atoms with Crippen molar-refractivity contribution in [2.45, 2.75) is 25.7 Å². The highest BCUT2D eigenvalue weighted by Crippen LogP contribution is 2.34. The first-order valence-corrected chi connectivity index (χ1v) is 12.2. The van der Waals surface area contributed by atoms with Gasteiger partial charge in [0, 0.05) is 23.7 Å². The van der Waals surface area contributed by atoms with E-state index in [0.717, 1.165) is 61.4 Å². The molecule has 2 heterocycles. The number of amides is 1. The van der Waals surface area contributed by atoms with Crippen LogP contribution in [0.1, 0.15) is 24.8 Å². The van der Waals surface area contributed by atoms with Crippen LogP contribution in [0.2, 0.25) is 5.02 Å². The highest BCUT2D eigenvalue weighted by atomic mass is 35.5. The fraction of sp³-hybridized carbons (Fsp3) is 0.321. The van der Waals surface area contributed by atoms with Gasteiger partial charge in [-0.05, 0) is 73.1 Å². The van der Waals surface area contributed by atoms with Gasteiger partial charge in [0.1, 0.15) is 5.75 Å². The third-order valence-corrected chi connectivity index (χ3v) is 6.89. The monoisotopic (exact) mass is 477 g/mol. The van der Waals surface area contributed by atoms with Gasteiger partial charge in [-0.2, -0.15) is 0 Å². The molecule has 1 amide bonds. The van der Waals surface area contributed by atoms with Crippen molar-refractivity contribution in [2.24, 2.45) is 5.92 Å². The van der Waals surface area contributed by atoms with E-state index in [1.165, 1.54) is 5.56 Å². The lowest BCUT2D eigenvalue weighted by Crippen LogP contribution is -2.41. The first-order valence-electron chi connectivity index (χ1n) is 11.8. The van der Waals surface area contributed by atoms with Crippen molar-refractivity contribution >= 4 is 17.5 Å². The summed E-state index contributed by atoms with van der Waals surface area (Å²) in [6.45, 7) is 1.92. The first kappa shape index (κ1) is 22.6. The minimum absolute atomic E-state index is 0.0418. The Morgan fingerprint density at radius 3 is 2.56 bits per heavy atom. The van der Waals surface area contributed by atoms with E-state index in [2.05, 4.69) is 12.1 Å². The lowest BCUT2D eigenvalue weighted by Gasteiger charge is -2.32. The van der Waals surface area contributed by atoms with Crippen molar-refractivity contribution < 1.29 is 19.0 Å². The Balaban J connectivity index is 1.10. The third-order valence-electron chi connectivity index (χ3n) is 6.64. The maximum absolute atomic E-state index is 12.8. The molecule has 6 heteroatoms. The zero-order valence-corrected chi connectivity index (χ0v) is 19.8. The number of hydrogen-bond donors (Lipinski definition) is 0. The third kappa shape index (κ3) is 5.31. The standard InChI is InChI=1S/C28H28ClNO4/c29-23-10-8-22(9-11-23)24-3-1-2-4-25(24)32-18-28(31)30-15-13-20(14-16-30)5-6-21-7-12-26-27(17-21)34-19-33-26/h1-4,7-12,17,20H,5-6,13-16,18-19H2. The molecule has 5 rings (SSSR count). The number of carbonyl (C=O) groups excluding carboxylic acids is 1. The molecule has 0 aromatic heterocycles. The topological polar surface area (TPSA) is 48.0 Å². The molecule has 0 spiro atoms. The highest BCUT2D eigenvalue weighted by molar-refractivity contribution is 6.30. The molecule has 34 heavy (non-hydrogen) atoms. The van der Waals surface area contributed by atoms with Crippen molar-refractivity contribution in [1.82, 2.24) is 4.90 Å². The van der Waals surface area contributed by atoms with Crippen molar-refractivity contribution in [3.63, 3.8) is 0 Å². The normalized spacial score (nSPS) is 15.4. The molecule has 0 unspecified atom stereocenters. The molecule has 1 saturated heterocycles. The lowest BCUT2D eigenvalue weighted by atomic mass is 9.90. The number of halogens is 1. The smallest absolute Gasteiger partial charge is 0.260 e. The minimum Gasteiger partial charge on any atom is -0.483 e. The second-order valence-electron chi connectivity index (χ2n) is 8.84. The van der Waals surface area contributed by atoms with E-state index in [9.17, 15) is 4.79 Å². The fourth-order valence-corrected chi connectivity index (χ4v) is 4.76. The molecular weight excluding hydrogens is 450 g/mol. The molecule has 0 saturated carbocycles. The number of fused-ring (bicyclic) bond motifs is 1. The van der Waals surface area contributed by atoms with Gasteiger partial charge in [-0.3, -0.25) is 4.79 Å². The summed E-state index contributed by atoms with van der Waals surface area (Å²) in [4.78, 5) is 14.7. The van der Waals surface area contributed by atoms with E-state index < -0.39 is 0 Å². The number of likely N-dealkylation sites (tertiary alicyclic amines) is 1. The predicted octanol–water partition coefficient (Wildman–Crippen LogP) is 5.99. The Hall–Kier alpha value is -3.18. The number of para-hydroxylation sites is 1. The van der Waals surface area contributed by atoms with E-state index in [1.54, 1.807) is 0 Å². The molecule has 5 nitrogen and oxygen atoms in total. The molecule has 2 aliphatic rings. The zero-order chi connectivity index (χ0) is 23.3. The van der Waals surface area contributed by atoms with Crippen molar-refractivity contribution in [3.05, 3.63) is 77.3 Å². The summed E-state index contributed by atoms with van der Waals surface area (Å²) in [5.74, 6) is 3.04. The van der Waals surface area contributed by atoms with Crippen LogP contribution >= 0.6 is 11.6 Å². The number of piperidine rings is 1. The van der Waals surface area contributed by atoms with Crippen molar-refractivity contribution in [3.8, 4) is 28.4 Å². The van der Waals surface area contributed by atoms with E-state index in [0.29, 0.717) is 23.5 Å².